The van der Waals surface area contributed by atoms with Crippen LogP contribution in [0.2, 0.25) is 0 Å². The van der Waals surface area contributed by atoms with Gasteiger partial charge in [-0.2, -0.15) is 4.98 Å². The minimum Gasteiger partial charge on any atom is -0.378 e. The molecule has 1 aliphatic heterocycles. The van der Waals surface area contributed by atoms with Crippen LogP contribution in [-0.4, -0.2) is 71.7 Å². The third-order valence-electron chi connectivity index (χ3n) is 5.65. The summed E-state index contributed by atoms with van der Waals surface area (Å²) in [7, 11) is 1.83. The van der Waals surface area contributed by atoms with Gasteiger partial charge in [-0.25, -0.2) is 0 Å². The molecule has 0 N–H and O–H groups in total. The number of carbonyl (C=O) groups excluding carboxylic acids is 2. The highest BCUT2D eigenvalue weighted by molar-refractivity contribution is 5.94. The molecule has 1 aromatic carbocycles. The van der Waals surface area contributed by atoms with E-state index in [9.17, 15) is 9.59 Å². The molecule has 1 saturated heterocycles. The summed E-state index contributed by atoms with van der Waals surface area (Å²) in [6.07, 6.45) is 3.69. The Kier molecular flexibility index (Phi) is 5.89. The molecule has 1 aromatic heterocycles. The Morgan fingerprint density at radius 1 is 1.17 bits per heavy atom. The molecule has 2 fully saturated rings. The Bertz CT molecular complexity index is 854. The topological polar surface area (TPSA) is 88.8 Å². The van der Waals surface area contributed by atoms with E-state index in [4.69, 9.17) is 9.26 Å². The van der Waals surface area contributed by atoms with Crippen LogP contribution in [0.4, 0.5) is 0 Å². The molecular weight excluding hydrogens is 372 g/mol. The molecule has 1 aliphatic carbocycles. The van der Waals surface area contributed by atoms with Crippen LogP contribution in [0.25, 0.3) is 11.5 Å². The largest absolute Gasteiger partial charge is 0.378 e. The van der Waals surface area contributed by atoms with Crippen molar-refractivity contribution in [1.82, 2.24) is 19.9 Å². The number of likely N-dealkylation sites (N-methyl/N-ethyl adjacent to an activating group) is 1. The van der Waals surface area contributed by atoms with Gasteiger partial charge < -0.3 is 19.1 Å². The molecule has 8 heteroatoms. The maximum absolute atomic E-state index is 12.5. The van der Waals surface area contributed by atoms with Crippen molar-refractivity contribution < 1.29 is 18.8 Å². The average Bonchev–Trinajstić information content (AvgIpc) is 3.20. The van der Waals surface area contributed by atoms with Crippen LogP contribution in [0.1, 0.15) is 35.4 Å². The number of ether oxygens (including phenoxy) is 1. The molecule has 0 atom stereocenters. The van der Waals surface area contributed by atoms with E-state index in [1.54, 1.807) is 21.9 Å². The Morgan fingerprint density at radius 2 is 1.90 bits per heavy atom. The van der Waals surface area contributed by atoms with Crippen LogP contribution >= 0.6 is 0 Å². The Morgan fingerprint density at radius 3 is 2.55 bits per heavy atom. The molecule has 0 bridgehead atoms. The standard InChI is InChI=1S/C21H26N4O4/c1-24(20(26)16-3-2-4-16)10-9-18-22-19(29-23-18)15-5-7-17(8-6-15)21(27)25-11-13-28-14-12-25/h5-8,16H,2-4,9-14H2,1H3. The maximum Gasteiger partial charge on any atom is 0.257 e. The van der Waals surface area contributed by atoms with Crippen molar-refractivity contribution in [2.24, 2.45) is 5.92 Å². The van der Waals surface area contributed by atoms with Crippen molar-refractivity contribution in [3.8, 4) is 11.5 Å². The lowest BCUT2D eigenvalue weighted by molar-refractivity contribution is -0.136. The van der Waals surface area contributed by atoms with Crippen LogP contribution in [-0.2, 0) is 16.0 Å². The van der Waals surface area contributed by atoms with Crippen LogP contribution < -0.4 is 0 Å². The summed E-state index contributed by atoms with van der Waals surface area (Å²) in [5.41, 5.74) is 1.40. The number of hydrogen-bond acceptors (Lipinski definition) is 6. The van der Waals surface area contributed by atoms with E-state index in [2.05, 4.69) is 10.1 Å². The van der Waals surface area contributed by atoms with Gasteiger partial charge in [-0.05, 0) is 37.1 Å². The molecule has 154 valence electrons. The van der Waals surface area contributed by atoms with Gasteiger partial charge in [-0.3, -0.25) is 9.59 Å². The molecule has 2 aliphatic rings. The van der Waals surface area contributed by atoms with Crippen LogP contribution in [0.3, 0.4) is 0 Å². The predicted octanol–water partition coefficient (Wildman–Crippen LogP) is 2.01. The minimum atomic E-state index is 0.00485. The zero-order valence-electron chi connectivity index (χ0n) is 16.7. The molecule has 4 rings (SSSR count). The third kappa shape index (κ3) is 4.48. The zero-order chi connectivity index (χ0) is 20.2. The van der Waals surface area contributed by atoms with Gasteiger partial charge in [-0.15, -0.1) is 0 Å². The third-order valence-corrected chi connectivity index (χ3v) is 5.65. The highest BCUT2D eigenvalue weighted by atomic mass is 16.5. The van der Waals surface area contributed by atoms with E-state index >= 15 is 0 Å². The molecule has 29 heavy (non-hydrogen) atoms. The minimum absolute atomic E-state index is 0.00485. The molecule has 0 spiro atoms. The highest BCUT2D eigenvalue weighted by Crippen LogP contribution is 2.28. The first-order valence-electron chi connectivity index (χ1n) is 10.2. The monoisotopic (exact) mass is 398 g/mol. The normalized spacial score (nSPS) is 17.1. The smallest absolute Gasteiger partial charge is 0.257 e. The highest BCUT2D eigenvalue weighted by Gasteiger charge is 2.27. The summed E-state index contributed by atoms with van der Waals surface area (Å²) in [4.78, 5) is 32.7. The van der Waals surface area contributed by atoms with Gasteiger partial charge in [0.05, 0.1) is 13.2 Å². The van der Waals surface area contributed by atoms with Crippen molar-refractivity contribution >= 4 is 11.8 Å². The van der Waals surface area contributed by atoms with Crippen molar-refractivity contribution in [2.75, 3.05) is 39.9 Å². The summed E-state index contributed by atoms with van der Waals surface area (Å²) < 4.78 is 10.7. The first kappa shape index (κ1) is 19.6. The second-order valence-corrected chi connectivity index (χ2v) is 7.64. The summed E-state index contributed by atoms with van der Waals surface area (Å²) in [5.74, 6) is 1.39. The van der Waals surface area contributed by atoms with Crippen molar-refractivity contribution in [1.29, 1.82) is 0 Å². The van der Waals surface area contributed by atoms with Crippen molar-refractivity contribution in [2.45, 2.75) is 25.7 Å². The number of benzene rings is 1. The van der Waals surface area contributed by atoms with Gasteiger partial charge in [-0.1, -0.05) is 11.6 Å². The maximum atomic E-state index is 12.5. The van der Waals surface area contributed by atoms with Gasteiger partial charge >= 0.3 is 0 Å². The van der Waals surface area contributed by atoms with Crippen molar-refractivity contribution in [3.05, 3.63) is 35.7 Å². The summed E-state index contributed by atoms with van der Waals surface area (Å²) in [6, 6.07) is 7.19. The van der Waals surface area contributed by atoms with E-state index in [1.807, 2.05) is 19.2 Å². The number of nitrogens with zero attached hydrogens (tertiary/aromatic N) is 4. The molecule has 0 unspecified atom stereocenters. The lowest BCUT2D eigenvalue weighted by atomic mass is 9.84. The second kappa shape index (κ2) is 8.73. The number of hydrogen-bond donors (Lipinski definition) is 0. The number of morpholine rings is 1. The molecule has 1 saturated carbocycles. The Labute approximate surface area is 169 Å². The first-order valence-corrected chi connectivity index (χ1v) is 10.2. The number of rotatable bonds is 6. The quantitative estimate of drug-likeness (QED) is 0.740. The van der Waals surface area contributed by atoms with Gasteiger partial charge in [0.25, 0.3) is 11.8 Å². The first-order chi connectivity index (χ1) is 14.1. The molecule has 2 heterocycles. The van der Waals surface area contributed by atoms with E-state index in [1.165, 1.54) is 0 Å². The predicted molar refractivity (Wildman–Crippen MR) is 105 cm³/mol. The zero-order valence-corrected chi connectivity index (χ0v) is 16.7. The van der Waals surface area contributed by atoms with Crippen LogP contribution in [0, 0.1) is 5.92 Å². The average molecular weight is 398 g/mol. The number of carbonyl (C=O) groups is 2. The van der Waals surface area contributed by atoms with Gasteiger partial charge in [0.1, 0.15) is 0 Å². The molecule has 8 nitrogen and oxygen atoms in total. The van der Waals surface area contributed by atoms with Gasteiger partial charge in [0.15, 0.2) is 5.82 Å². The Balaban J connectivity index is 1.34. The molecular formula is C21H26N4O4. The number of aromatic nitrogens is 2. The fourth-order valence-electron chi connectivity index (χ4n) is 3.52. The van der Waals surface area contributed by atoms with Gasteiger partial charge in [0, 0.05) is 50.1 Å². The fourth-order valence-corrected chi connectivity index (χ4v) is 3.52. The lowest BCUT2D eigenvalue weighted by Gasteiger charge is -2.28. The summed E-state index contributed by atoms with van der Waals surface area (Å²) >= 11 is 0. The molecule has 2 amide bonds. The van der Waals surface area contributed by atoms with Crippen LogP contribution in [0.15, 0.2) is 28.8 Å². The molecule has 0 radical (unpaired) electrons. The van der Waals surface area contributed by atoms with E-state index < -0.39 is 0 Å². The van der Waals surface area contributed by atoms with Gasteiger partial charge in [0.2, 0.25) is 5.91 Å². The second-order valence-electron chi connectivity index (χ2n) is 7.64. The lowest BCUT2D eigenvalue weighted by Crippen LogP contribution is -2.40. The van der Waals surface area contributed by atoms with E-state index in [-0.39, 0.29) is 17.7 Å². The van der Waals surface area contributed by atoms with E-state index in [0.29, 0.717) is 56.5 Å². The van der Waals surface area contributed by atoms with Crippen molar-refractivity contribution in [3.63, 3.8) is 0 Å². The fraction of sp³-hybridized carbons (Fsp3) is 0.524. The summed E-state index contributed by atoms with van der Waals surface area (Å²) in [6.45, 7) is 2.96. The Hall–Kier alpha value is -2.74. The number of amides is 2. The molecule has 2 aromatic rings. The van der Waals surface area contributed by atoms with E-state index in [0.717, 1.165) is 24.8 Å². The summed E-state index contributed by atoms with van der Waals surface area (Å²) in [5, 5.41) is 4.02. The SMILES string of the molecule is CN(CCc1noc(-c2ccc(C(=O)N3CCOCC3)cc2)n1)C(=O)C1CCC1. The van der Waals surface area contributed by atoms with Crippen LogP contribution in [0.5, 0.6) is 0 Å².